The molecule has 0 fully saturated rings. The van der Waals surface area contributed by atoms with Crippen molar-refractivity contribution in [3.63, 3.8) is 0 Å². The van der Waals surface area contributed by atoms with Gasteiger partial charge in [0.2, 0.25) is 0 Å². The van der Waals surface area contributed by atoms with Crippen LogP contribution in [0.4, 0.5) is 5.82 Å². The first-order valence-electron chi connectivity index (χ1n) is 5.09. The number of hydrogen-bond donors (Lipinski definition) is 2. The van der Waals surface area contributed by atoms with E-state index in [9.17, 15) is 5.11 Å². The predicted molar refractivity (Wildman–Crippen MR) is 75.2 cm³/mol. The number of phenols is 1. The van der Waals surface area contributed by atoms with Gasteiger partial charge in [-0.25, -0.2) is 4.98 Å². The van der Waals surface area contributed by atoms with Crippen molar-refractivity contribution in [2.24, 2.45) is 0 Å². The second-order valence-corrected chi connectivity index (χ2v) is 4.26. The van der Waals surface area contributed by atoms with Crippen molar-refractivity contribution < 1.29 is 5.11 Å². The Morgan fingerprint density at radius 1 is 1.35 bits per heavy atom. The fourth-order valence-corrected chi connectivity index (χ4v) is 1.85. The monoisotopic (exact) mass is 244 g/mol. The van der Waals surface area contributed by atoms with E-state index in [4.69, 9.17) is 5.73 Å². The molecule has 0 bridgehead atoms. The van der Waals surface area contributed by atoms with Crippen molar-refractivity contribution in [2.45, 2.75) is 0 Å². The number of hydrogen-bond acceptors (Lipinski definition) is 3. The summed E-state index contributed by atoms with van der Waals surface area (Å²) in [5, 5.41) is 10.5. The summed E-state index contributed by atoms with van der Waals surface area (Å²) in [4.78, 5) is 4.02. The van der Waals surface area contributed by atoms with Crippen molar-refractivity contribution in [2.75, 3.05) is 5.73 Å². The van der Waals surface area contributed by atoms with E-state index in [2.05, 4.69) is 20.8 Å². The lowest BCUT2D eigenvalue weighted by molar-refractivity contribution is 0.480. The molecule has 0 aliphatic carbocycles. The highest BCUT2D eigenvalue weighted by Gasteiger charge is 2.07. The first-order chi connectivity index (χ1) is 8.13. The summed E-state index contributed by atoms with van der Waals surface area (Å²) in [6.45, 7) is 3.73. The Labute approximate surface area is 102 Å². The van der Waals surface area contributed by atoms with Crippen LogP contribution in [0.15, 0.2) is 37.0 Å². The average Bonchev–Trinajstić information content (AvgIpc) is 2.32. The van der Waals surface area contributed by atoms with Gasteiger partial charge in [-0.05, 0) is 23.3 Å². The lowest BCUT2D eigenvalue weighted by Gasteiger charge is -2.09. The van der Waals surface area contributed by atoms with Gasteiger partial charge in [0.1, 0.15) is 11.6 Å². The van der Waals surface area contributed by atoms with Gasteiger partial charge in [0.05, 0.1) is 0 Å². The Morgan fingerprint density at radius 3 is 2.76 bits per heavy atom. The zero-order chi connectivity index (χ0) is 12.4. The molecular formula is C13H13N2OP. The minimum atomic E-state index is 0.234. The molecule has 17 heavy (non-hydrogen) atoms. The molecule has 1 aromatic carbocycles. The quantitative estimate of drug-likeness (QED) is 0.796. The van der Waals surface area contributed by atoms with Gasteiger partial charge in [-0.1, -0.05) is 24.8 Å². The lowest BCUT2D eigenvalue weighted by atomic mass is 10.0. The van der Waals surface area contributed by atoms with Crippen molar-refractivity contribution >= 4 is 26.4 Å². The van der Waals surface area contributed by atoms with Crippen LogP contribution in [-0.4, -0.2) is 10.1 Å². The molecule has 2 aromatic rings. The molecule has 1 atom stereocenters. The second-order valence-electron chi connectivity index (χ2n) is 3.64. The predicted octanol–water partition coefficient (Wildman–Crippen LogP) is 2.18. The topological polar surface area (TPSA) is 59.1 Å². The third kappa shape index (κ3) is 2.15. The van der Waals surface area contributed by atoms with E-state index in [1.54, 1.807) is 18.3 Å². The zero-order valence-corrected chi connectivity index (χ0v) is 10.4. The van der Waals surface area contributed by atoms with Gasteiger partial charge in [0.15, 0.2) is 0 Å². The number of nitrogens with zero attached hydrogens (tertiary/aromatic N) is 1. The standard InChI is InChI=1S/C13H13N2OP/c1-2-9-10(5-6-15-13(9)14)8-3-4-12(17)11(16)7-8/h2-7,16H,1,17H2,(H2,14,15). The normalized spacial score (nSPS) is 10.2. The average molecular weight is 244 g/mol. The molecule has 0 saturated heterocycles. The highest BCUT2D eigenvalue weighted by atomic mass is 31.0. The third-order valence-electron chi connectivity index (χ3n) is 2.57. The Morgan fingerprint density at radius 2 is 2.12 bits per heavy atom. The molecule has 86 valence electrons. The fourth-order valence-electron chi connectivity index (χ4n) is 1.67. The summed E-state index contributed by atoms with van der Waals surface area (Å²) in [5.74, 6) is 0.671. The maximum Gasteiger partial charge on any atom is 0.131 e. The number of rotatable bonds is 2. The number of nitrogens with two attached hydrogens (primary N) is 1. The maximum absolute atomic E-state index is 9.70. The zero-order valence-electron chi connectivity index (χ0n) is 9.22. The fraction of sp³-hybridized carbons (Fsp3) is 0. The molecule has 0 amide bonds. The molecule has 1 unspecified atom stereocenters. The molecular weight excluding hydrogens is 231 g/mol. The molecule has 2 rings (SSSR count). The number of nitrogen functional groups attached to an aromatic ring is 1. The smallest absolute Gasteiger partial charge is 0.131 e. The van der Waals surface area contributed by atoms with Crippen molar-refractivity contribution in [3.8, 4) is 16.9 Å². The Balaban J connectivity index is 2.64. The van der Waals surface area contributed by atoms with Gasteiger partial charge in [-0.3, -0.25) is 0 Å². The van der Waals surface area contributed by atoms with Crippen LogP contribution in [0.1, 0.15) is 5.56 Å². The summed E-state index contributed by atoms with van der Waals surface area (Å²) < 4.78 is 0. The number of aromatic nitrogens is 1. The Hall–Kier alpha value is -1.86. The largest absolute Gasteiger partial charge is 0.507 e. The summed E-state index contributed by atoms with van der Waals surface area (Å²) in [7, 11) is 2.47. The first-order valence-corrected chi connectivity index (χ1v) is 5.67. The Kier molecular flexibility index (Phi) is 3.12. The molecule has 3 nitrogen and oxygen atoms in total. The second kappa shape index (κ2) is 4.56. The number of anilines is 1. The van der Waals surface area contributed by atoms with Gasteiger partial charge in [-0.2, -0.15) is 0 Å². The van der Waals surface area contributed by atoms with Crippen LogP contribution < -0.4 is 11.0 Å². The van der Waals surface area contributed by atoms with Crippen LogP contribution in [0.5, 0.6) is 5.75 Å². The number of benzene rings is 1. The summed E-state index contributed by atoms with van der Waals surface area (Å²) in [6, 6.07) is 7.30. The highest BCUT2D eigenvalue weighted by Crippen LogP contribution is 2.29. The number of aromatic hydroxyl groups is 1. The van der Waals surface area contributed by atoms with Gasteiger partial charge in [-0.15, -0.1) is 9.24 Å². The lowest BCUT2D eigenvalue weighted by Crippen LogP contribution is -1.97. The molecule has 0 saturated carbocycles. The minimum Gasteiger partial charge on any atom is -0.507 e. The molecule has 3 N–H and O–H groups in total. The molecule has 1 heterocycles. The van der Waals surface area contributed by atoms with Crippen LogP contribution in [0, 0.1) is 0 Å². The van der Waals surface area contributed by atoms with E-state index in [1.165, 1.54) is 0 Å². The third-order valence-corrected chi connectivity index (χ3v) is 3.05. The molecule has 0 aliphatic heterocycles. The van der Waals surface area contributed by atoms with E-state index in [0.29, 0.717) is 5.82 Å². The van der Waals surface area contributed by atoms with Crippen molar-refractivity contribution in [1.82, 2.24) is 4.98 Å². The van der Waals surface area contributed by atoms with Crippen LogP contribution in [0.3, 0.4) is 0 Å². The van der Waals surface area contributed by atoms with Gasteiger partial charge >= 0.3 is 0 Å². The van der Waals surface area contributed by atoms with E-state index >= 15 is 0 Å². The Bertz CT molecular complexity index is 582. The minimum absolute atomic E-state index is 0.234. The van der Waals surface area contributed by atoms with Crippen LogP contribution in [0.25, 0.3) is 17.2 Å². The van der Waals surface area contributed by atoms with Crippen LogP contribution in [-0.2, 0) is 0 Å². The SMILES string of the molecule is C=Cc1c(-c2ccc(P)c(O)c2)ccnc1N. The van der Waals surface area contributed by atoms with E-state index in [0.717, 1.165) is 22.0 Å². The van der Waals surface area contributed by atoms with E-state index in [1.807, 2.05) is 18.2 Å². The molecule has 0 aliphatic rings. The summed E-state index contributed by atoms with van der Waals surface area (Å²) in [5.41, 5.74) is 8.37. The molecule has 0 spiro atoms. The number of pyridine rings is 1. The molecule has 4 heteroatoms. The number of phenolic OH excluding ortho intramolecular Hbond substituents is 1. The molecule has 0 radical (unpaired) electrons. The van der Waals surface area contributed by atoms with Crippen molar-refractivity contribution in [1.29, 1.82) is 0 Å². The molecule has 1 aromatic heterocycles. The van der Waals surface area contributed by atoms with Gasteiger partial charge < -0.3 is 10.8 Å². The highest BCUT2D eigenvalue weighted by molar-refractivity contribution is 7.27. The van der Waals surface area contributed by atoms with Crippen LogP contribution >= 0.6 is 9.24 Å². The van der Waals surface area contributed by atoms with E-state index < -0.39 is 0 Å². The van der Waals surface area contributed by atoms with Crippen molar-refractivity contribution in [3.05, 3.63) is 42.6 Å². The van der Waals surface area contributed by atoms with Gasteiger partial charge in [0, 0.05) is 17.1 Å². The summed E-state index contributed by atoms with van der Waals surface area (Å²) in [6.07, 6.45) is 3.31. The summed E-state index contributed by atoms with van der Waals surface area (Å²) >= 11 is 0. The van der Waals surface area contributed by atoms with E-state index in [-0.39, 0.29) is 5.75 Å². The first kappa shape index (κ1) is 11.6. The van der Waals surface area contributed by atoms with Gasteiger partial charge in [0.25, 0.3) is 0 Å². The van der Waals surface area contributed by atoms with Crippen LogP contribution in [0.2, 0.25) is 0 Å². The maximum atomic E-state index is 9.70.